The summed E-state index contributed by atoms with van der Waals surface area (Å²) in [5.74, 6) is -0.194. The smallest absolute Gasteiger partial charge is 0.323 e. The third-order valence-electron chi connectivity index (χ3n) is 1.65. The highest BCUT2D eigenvalue weighted by Crippen LogP contribution is 2.13. The maximum Gasteiger partial charge on any atom is 0.323 e. The molecule has 0 aliphatic carbocycles. The fourth-order valence-corrected chi connectivity index (χ4v) is 0.790. The number of carbonyl (C=O) groups excluding carboxylic acids is 1. The highest BCUT2D eigenvalue weighted by molar-refractivity contribution is 5.75. The van der Waals surface area contributed by atoms with Crippen molar-refractivity contribution in [3.05, 3.63) is 0 Å². The molecule has 1 saturated heterocycles. The Balaban J connectivity index is 2.31. The minimum Gasteiger partial charge on any atom is -0.468 e. The first-order chi connectivity index (χ1) is 4.75. The number of esters is 1. The van der Waals surface area contributed by atoms with Crippen LogP contribution in [-0.4, -0.2) is 32.3 Å². The van der Waals surface area contributed by atoms with Crippen molar-refractivity contribution in [3.63, 3.8) is 0 Å². The second kappa shape index (κ2) is 2.98. The van der Waals surface area contributed by atoms with E-state index >= 15 is 0 Å². The van der Waals surface area contributed by atoms with Gasteiger partial charge in [-0.2, -0.15) is 0 Å². The van der Waals surface area contributed by atoms with Crippen LogP contribution >= 0.6 is 0 Å². The largest absolute Gasteiger partial charge is 0.468 e. The van der Waals surface area contributed by atoms with Gasteiger partial charge in [-0.15, -0.1) is 0 Å². The molecule has 58 valence electrons. The van der Waals surface area contributed by atoms with Gasteiger partial charge in [0.25, 0.3) is 0 Å². The van der Waals surface area contributed by atoms with Crippen LogP contribution in [0.5, 0.6) is 0 Å². The van der Waals surface area contributed by atoms with Gasteiger partial charge in [0.15, 0.2) is 0 Å². The topological polar surface area (TPSA) is 61.5 Å². The van der Waals surface area contributed by atoms with E-state index in [9.17, 15) is 4.79 Å². The third-order valence-corrected chi connectivity index (χ3v) is 1.65. The fraction of sp³-hybridized carbons (Fsp3) is 0.833. The molecule has 2 N–H and O–H groups in total. The van der Waals surface area contributed by atoms with Crippen LogP contribution < -0.4 is 5.73 Å². The van der Waals surface area contributed by atoms with Crippen molar-refractivity contribution in [2.45, 2.75) is 6.04 Å². The van der Waals surface area contributed by atoms with E-state index in [1.54, 1.807) is 0 Å². The van der Waals surface area contributed by atoms with Gasteiger partial charge in [0, 0.05) is 5.92 Å². The van der Waals surface area contributed by atoms with Gasteiger partial charge < -0.3 is 15.2 Å². The SMILES string of the molecule is COC(=O)[C@H](N)C1COC1. The van der Waals surface area contributed by atoms with Gasteiger partial charge in [-0.05, 0) is 0 Å². The second-order valence-electron chi connectivity index (χ2n) is 2.35. The number of nitrogens with two attached hydrogens (primary N) is 1. The summed E-state index contributed by atoms with van der Waals surface area (Å²) in [6.07, 6.45) is 0. The van der Waals surface area contributed by atoms with Crippen LogP contribution in [0.25, 0.3) is 0 Å². The number of methoxy groups -OCH3 is 1. The van der Waals surface area contributed by atoms with Crippen molar-refractivity contribution in [2.24, 2.45) is 11.7 Å². The molecular formula is C6H11NO3. The molecule has 1 heterocycles. The molecule has 4 heteroatoms. The zero-order valence-electron chi connectivity index (χ0n) is 5.87. The normalized spacial score (nSPS) is 21.4. The molecule has 1 atom stereocenters. The van der Waals surface area contributed by atoms with Crippen molar-refractivity contribution in [1.29, 1.82) is 0 Å². The molecule has 0 spiro atoms. The monoisotopic (exact) mass is 145 g/mol. The number of hydrogen-bond acceptors (Lipinski definition) is 4. The van der Waals surface area contributed by atoms with Gasteiger partial charge >= 0.3 is 5.97 Å². The predicted octanol–water partition coefficient (Wildman–Crippen LogP) is -0.867. The molecule has 1 aliphatic heterocycles. The lowest BCUT2D eigenvalue weighted by Gasteiger charge is -2.29. The molecule has 0 amide bonds. The number of carbonyl (C=O) groups is 1. The van der Waals surface area contributed by atoms with Crippen LogP contribution in [0.1, 0.15) is 0 Å². The van der Waals surface area contributed by atoms with E-state index in [4.69, 9.17) is 10.5 Å². The summed E-state index contributed by atoms with van der Waals surface area (Å²) in [6, 6.07) is -0.501. The first-order valence-electron chi connectivity index (χ1n) is 3.17. The highest BCUT2D eigenvalue weighted by Gasteiger charge is 2.31. The summed E-state index contributed by atoms with van der Waals surface area (Å²) in [5.41, 5.74) is 5.48. The molecule has 1 aliphatic rings. The molecular weight excluding hydrogens is 134 g/mol. The summed E-state index contributed by atoms with van der Waals surface area (Å²) in [5, 5.41) is 0. The highest BCUT2D eigenvalue weighted by atomic mass is 16.5. The third kappa shape index (κ3) is 1.27. The van der Waals surface area contributed by atoms with E-state index in [1.165, 1.54) is 7.11 Å². The average Bonchev–Trinajstić information content (AvgIpc) is 1.82. The Morgan fingerprint density at radius 3 is 2.70 bits per heavy atom. The minimum atomic E-state index is -0.501. The summed E-state index contributed by atoms with van der Waals surface area (Å²) in [7, 11) is 1.34. The van der Waals surface area contributed by atoms with Crippen LogP contribution in [0.2, 0.25) is 0 Å². The van der Waals surface area contributed by atoms with Gasteiger partial charge in [-0.25, -0.2) is 0 Å². The first kappa shape index (κ1) is 7.50. The Morgan fingerprint density at radius 2 is 2.40 bits per heavy atom. The number of hydrogen-bond donors (Lipinski definition) is 1. The molecule has 1 rings (SSSR count). The number of ether oxygens (including phenoxy) is 2. The van der Waals surface area contributed by atoms with E-state index in [-0.39, 0.29) is 11.9 Å². The van der Waals surface area contributed by atoms with E-state index < -0.39 is 6.04 Å². The molecule has 0 saturated carbocycles. The Bertz CT molecular complexity index is 133. The Labute approximate surface area is 59.3 Å². The molecule has 0 aromatic carbocycles. The summed E-state index contributed by atoms with van der Waals surface area (Å²) >= 11 is 0. The molecule has 4 nitrogen and oxygen atoms in total. The van der Waals surface area contributed by atoms with Crippen LogP contribution in [0.15, 0.2) is 0 Å². The van der Waals surface area contributed by atoms with Gasteiger partial charge in [0.2, 0.25) is 0 Å². The molecule has 0 bridgehead atoms. The lowest BCUT2D eigenvalue weighted by Crippen LogP contribution is -2.48. The lowest BCUT2D eigenvalue weighted by molar-refractivity contribution is -0.149. The summed E-state index contributed by atoms with van der Waals surface area (Å²) < 4.78 is 9.31. The van der Waals surface area contributed by atoms with Crippen LogP contribution in [0.4, 0.5) is 0 Å². The minimum absolute atomic E-state index is 0.160. The molecule has 0 unspecified atom stereocenters. The Hall–Kier alpha value is -0.610. The Morgan fingerprint density at radius 1 is 1.80 bits per heavy atom. The van der Waals surface area contributed by atoms with Crippen LogP contribution in [0.3, 0.4) is 0 Å². The molecule has 0 aromatic heterocycles. The van der Waals surface area contributed by atoms with Gasteiger partial charge in [0.1, 0.15) is 6.04 Å². The van der Waals surface area contributed by atoms with Crippen molar-refractivity contribution < 1.29 is 14.3 Å². The van der Waals surface area contributed by atoms with Gasteiger partial charge in [0.05, 0.1) is 20.3 Å². The second-order valence-corrected chi connectivity index (χ2v) is 2.35. The van der Waals surface area contributed by atoms with Gasteiger partial charge in [-0.3, -0.25) is 4.79 Å². The van der Waals surface area contributed by atoms with Gasteiger partial charge in [-0.1, -0.05) is 0 Å². The van der Waals surface area contributed by atoms with Crippen molar-refractivity contribution in [3.8, 4) is 0 Å². The molecule has 0 aromatic rings. The summed E-state index contributed by atoms with van der Waals surface area (Å²) in [6.45, 7) is 1.16. The van der Waals surface area contributed by atoms with Crippen molar-refractivity contribution in [1.82, 2.24) is 0 Å². The fourth-order valence-electron chi connectivity index (χ4n) is 0.790. The molecule has 0 radical (unpaired) electrons. The molecule has 1 fully saturated rings. The first-order valence-corrected chi connectivity index (χ1v) is 3.17. The lowest BCUT2D eigenvalue weighted by atomic mass is 9.99. The predicted molar refractivity (Wildman–Crippen MR) is 34.3 cm³/mol. The maximum atomic E-state index is 10.7. The van der Waals surface area contributed by atoms with E-state index in [1.807, 2.05) is 0 Å². The zero-order chi connectivity index (χ0) is 7.56. The van der Waals surface area contributed by atoms with Crippen molar-refractivity contribution in [2.75, 3.05) is 20.3 Å². The van der Waals surface area contributed by atoms with E-state index in [0.717, 1.165) is 0 Å². The number of rotatable bonds is 2. The average molecular weight is 145 g/mol. The zero-order valence-corrected chi connectivity index (χ0v) is 5.87. The standard InChI is InChI=1S/C6H11NO3/c1-9-6(8)5(7)4-2-10-3-4/h4-5H,2-3,7H2,1H3/t5-/m1/s1. The van der Waals surface area contributed by atoms with Crippen LogP contribution in [0, 0.1) is 5.92 Å². The van der Waals surface area contributed by atoms with Crippen LogP contribution in [-0.2, 0) is 14.3 Å². The van der Waals surface area contributed by atoms with E-state index in [0.29, 0.717) is 13.2 Å². The Kier molecular flexibility index (Phi) is 2.24. The quantitative estimate of drug-likeness (QED) is 0.513. The van der Waals surface area contributed by atoms with E-state index in [2.05, 4.69) is 4.74 Å². The summed E-state index contributed by atoms with van der Waals surface area (Å²) in [4.78, 5) is 10.7. The maximum absolute atomic E-state index is 10.7. The molecule has 10 heavy (non-hydrogen) atoms. The van der Waals surface area contributed by atoms with Crippen molar-refractivity contribution >= 4 is 5.97 Å².